The van der Waals surface area contributed by atoms with Gasteiger partial charge in [0.2, 0.25) is 0 Å². The van der Waals surface area contributed by atoms with Crippen molar-refractivity contribution in [2.24, 2.45) is 7.05 Å². The Morgan fingerprint density at radius 1 is 0.974 bits per heavy atom. The maximum Gasteiger partial charge on any atom is 0.193 e. The van der Waals surface area contributed by atoms with E-state index in [2.05, 4.69) is 33.9 Å². The third-order valence-corrected chi connectivity index (χ3v) is 7.93. The summed E-state index contributed by atoms with van der Waals surface area (Å²) < 4.78 is 11.7. The van der Waals surface area contributed by atoms with Crippen LogP contribution in [0.4, 0.5) is 0 Å². The first kappa shape index (κ1) is 23.0. The molecule has 0 bridgehead atoms. The van der Waals surface area contributed by atoms with Crippen molar-refractivity contribution in [2.75, 3.05) is 6.61 Å². The molecule has 1 fully saturated rings. The van der Waals surface area contributed by atoms with Crippen molar-refractivity contribution in [2.45, 2.75) is 32.4 Å². The SMILES string of the molecule is Cc1nc2ccc(-c3cnn(C)c3)cn2c1-c1nc(-c2ccccc2)c(-c2ncn(C3CCCCO3)n2)s1. The van der Waals surface area contributed by atoms with Gasteiger partial charge in [0.1, 0.15) is 27.6 Å². The van der Waals surface area contributed by atoms with Crippen LogP contribution < -0.4 is 0 Å². The van der Waals surface area contributed by atoms with Gasteiger partial charge < -0.3 is 4.74 Å². The van der Waals surface area contributed by atoms with E-state index in [0.717, 1.165) is 75.2 Å². The van der Waals surface area contributed by atoms with Gasteiger partial charge in [0.15, 0.2) is 12.1 Å². The lowest BCUT2D eigenvalue weighted by molar-refractivity contribution is -0.0395. The zero-order chi connectivity index (χ0) is 25.6. The van der Waals surface area contributed by atoms with E-state index < -0.39 is 0 Å². The predicted octanol–water partition coefficient (Wildman–Crippen LogP) is 5.79. The number of rotatable bonds is 5. The lowest BCUT2D eigenvalue weighted by Gasteiger charge is -2.21. The predicted molar refractivity (Wildman–Crippen MR) is 147 cm³/mol. The molecule has 6 heterocycles. The molecule has 1 unspecified atom stereocenters. The van der Waals surface area contributed by atoms with Gasteiger partial charge in [0, 0.05) is 42.7 Å². The first-order valence-corrected chi connectivity index (χ1v) is 13.5. The van der Waals surface area contributed by atoms with E-state index >= 15 is 0 Å². The second-order valence-electron chi connectivity index (χ2n) is 9.53. The minimum absolute atomic E-state index is 0.0653. The molecule has 0 amide bonds. The molecule has 0 aliphatic carbocycles. The summed E-state index contributed by atoms with van der Waals surface area (Å²) in [5, 5.41) is 10.1. The average molecular weight is 523 g/mol. The van der Waals surface area contributed by atoms with Crippen molar-refractivity contribution in [3.8, 4) is 43.8 Å². The van der Waals surface area contributed by atoms with Crippen LogP contribution in [0.2, 0.25) is 0 Å². The second-order valence-corrected chi connectivity index (χ2v) is 10.5. The second kappa shape index (κ2) is 9.30. The van der Waals surface area contributed by atoms with Gasteiger partial charge in [-0.25, -0.2) is 19.6 Å². The molecular formula is C28H26N8OS. The van der Waals surface area contributed by atoms with Crippen molar-refractivity contribution in [3.63, 3.8) is 0 Å². The highest BCUT2D eigenvalue weighted by molar-refractivity contribution is 7.18. The highest BCUT2D eigenvalue weighted by Crippen LogP contribution is 2.41. The van der Waals surface area contributed by atoms with Gasteiger partial charge in [0.25, 0.3) is 0 Å². The molecule has 6 aromatic rings. The minimum Gasteiger partial charge on any atom is -0.356 e. The van der Waals surface area contributed by atoms with Gasteiger partial charge in [0.05, 0.1) is 17.6 Å². The third-order valence-electron chi connectivity index (χ3n) is 6.87. The summed E-state index contributed by atoms with van der Waals surface area (Å²) in [7, 11) is 1.92. The lowest BCUT2D eigenvalue weighted by atomic mass is 10.1. The van der Waals surface area contributed by atoms with E-state index in [1.807, 2.05) is 60.0 Å². The summed E-state index contributed by atoms with van der Waals surface area (Å²) in [6.45, 7) is 2.79. The Hall–Kier alpha value is -4.15. The molecule has 1 aliphatic heterocycles. The smallest absolute Gasteiger partial charge is 0.193 e. The van der Waals surface area contributed by atoms with Gasteiger partial charge >= 0.3 is 0 Å². The number of hydrogen-bond acceptors (Lipinski definition) is 7. The van der Waals surface area contributed by atoms with Gasteiger partial charge in [-0.2, -0.15) is 5.10 Å². The molecular weight excluding hydrogens is 496 g/mol. The average Bonchev–Trinajstić information content (AvgIpc) is 3.74. The van der Waals surface area contributed by atoms with Crippen LogP contribution in [0.5, 0.6) is 0 Å². The summed E-state index contributed by atoms with van der Waals surface area (Å²) in [5.74, 6) is 0.657. The number of pyridine rings is 1. The zero-order valence-electron chi connectivity index (χ0n) is 21.2. The van der Waals surface area contributed by atoms with E-state index in [4.69, 9.17) is 24.8 Å². The summed E-state index contributed by atoms with van der Waals surface area (Å²) in [6, 6.07) is 14.3. The molecule has 7 rings (SSSR count). The van der Waals surface area contributed by atoms with Gasteiger partial charge in [-0.05, 0) is 38.3 Å². The van der Waals surface area contributed by atoms with E-state index in [-0.39, 0.29) is 6.23 Å². The number of hydrogen-bond donors (Lipinski definition) is 0. The topological polar surface area (TPSA) is 88.0 Å². The Morgan fingerprint density at radius 2 is 1.87 bits per heavy atom. The molecule has 1 aliphatic rings. The molecule has 0 spiro atoms. The molecule has 1 saturated heterocycles. The van der Waals surface area contributed by atoms with Crippen LogP contribution in [0, 0.1) is 6.92 Å². The number of fused-ring (bicyclic) bond motifs is 1. The van der Waals surface area contributed by atoms with Crippen LogP contribution >= 0.6 is 11.3 Å². The van der Waals surface area contributed by atoms with Crippen LogP contribution in [0.1, 0.15) is 31.2 Å². The number of aromatic nitrogens is 8. The first-order valence-electron chi connectivity index (χ1n) is 12.7. The van der Waals surface area contributed by atoms with E-state index in [1.165, 1.54) is 0 Å². The van der Waals surface area contributed by atoms with Crippen molar-refractivity contribution < 1.29 is 4.74 Å². The Kier molecular flexibility index (Phi) is 5.63. The Bertz CT molecular complexity index is 1740. The molecule has 190 valence electrons. The van der Waals surface area contributed by atoms with Crippen LogP contribution in [0.15, 0.2) is 67.4 Å². The maximum atomic E-state index is 5.94. The molecule has 1 aromatic carbocycles. The zero-order valence-corrected chi connectivity index (χ0v) is 22.0. The van der Waals surface area contributed by atoms with Crippen molar-refractivity contribution in [1.29, 1.82) is 0 Å². The maximum absolute atomic E-state index is 5.94. The third kappa shape index (κ3) is 4.02. The number of imidazole rings is 1. The highest BCUT2D eigenvalue weighted by Gasteiger charge is 2.24. The van der Waals surface area contributed by atoms with Crippen molar-refractivity contribution >= 4 is 17.0 Å². The van der Waals surface area contributed by atoms with E-state index in [0.29, 0.717) is 5.82 Å². The molecule has 5 aromatic heterocycles. The Morgan fingerprint density at radius 3 is 2.66 bits per heavy atom. The molecule has 0 N–H and O–H groups in total. The Balaban J connectivity index is 1.37. The van der Waals surface area contributed by atoms with E-state index in [1.54, 1.807) is 17.7 Å². The standard InChI is InChI=1S/C28H26N8OS/c1-18-25(35-16-20(11-12-22(35)31-18)21-14-30-34(2)15-21)28-32-24(19-8-4-3-5-9-19)26(38-28)27-29-17-36(33-27)23-10-6-7-13-37-23/h3-5,8-9,11-12,14-17,23H,6-7,10,13H2,1-2H3. The van der Waals surface area contributed by atoms with Crippen molar-refractivity contribution in [1.82, 2.24) is 38.9 Å². The number of thiazole rings is 1. The molecule has 10 heteroatoms. The molecule has 9 nitrogen and oxygen atoms in total. The summed E-state index contributed by atoms with van der Waals surface area (Å²) in [6.07, 6.45) is 10.9. The number of benzene rings is 1. The molecule has 1 atom stereocenters. The highest BCUT2D eigenvalue weighted by atomic mass is 32.1. The minimum atomic E-state index is -0.0653. The molecule has 0 radical (unpaired) electrons. The molecule has 38 heavy (non-hydrogen) atoms. The van der Waals surface area contributed by atoms with Gasteiger partial charge in [-0.15, -0.1) is 16.4 Å². The van der Waals surface area contributed by atoms with Crippen molar-refractivity contribution in [3.05, 3.63) is 73.1 Å². The fourth-order valence-corrected chi connectivity index (χ4v) is 6.09. The van der Waals surface area contributed by atoms with Crippen LogP contribution in [-0.2, 0) is 11.8 Å². The fraction of sp³-hybridized carbons (Fsp3) is 0.250. The quantitative estimate of drug-likeness (QED) is 0.285. The van der Waals surface area contributed by atoms with Crippen LogP contribution in [-0.4, -0.2) is 45.5 Å². The number of nitrogens with zero attached hydrogens (tertiary/aromatic N) is 8. The largest absolute Gasteiger partial charge is 0.356 e. The van der Waals surface area contributed by atoms with Crippen LogP contribution in [0.25, 0.3) is 49.4 Å². The monoisotopic (exact) mass is 522 g/mol. The van der Waals surface area contributed by atoms with Gasteiger partial charge in [-0.3, -0.25) is 9.08 Å². The summed E-state index contributed by atoms with van der Waals surface area (Å²) in [4.78, 5) is 15.6. The summed E-state index contributed by atoms with van der Waals surface area (Å²) in [5.41, 5.74) is 6.77. The van der Waals surface area contributed by atoms with E-state index in [9.17, 15) is 0 Å². The fourth-order valence-electron chi connectivity index (χ4n) is 4.98. The van der Waals surface area contributed by atoms with Gasteiger partial charge in [-0.1, -0.05) is 30.3 Å². The summed E-state index contributed by atoms with van der Waals surface area (Å²) >= 11 is 1.59. The normalized spacial score (nSPS) is 15.9. The number of ether oxygens (including phenoxy) is 1. The molecule has 0 saturated carbocycles. The van der Waals surface area contributed by atoms with Crippen LogP contribution in [0.3, 0.4) is 0 Å². The Labute approximate surface area is 223 Å². The number of aryl methyl sites for hydroxylation is 2. The first-order chi connectivity index (χ1) is 18.6. The lowest BCUT2D eigenvalue weighted by Crippen LogP contribution is -2.18.